The number of allylic oxidation sites excluding steroid dienone is 8. The number of aliphatic hydroxyl groups is 1. The molecule has 3 unspecified atom stereocenters. The molecule has 1 amide bonds. The molecule has 0 saturated heterocycles. The van der Waals surface area contributed by atoms with E-state index in [1.807, 2.05) is 78.2 Å². The zero-order valence-electron chi connectivity index (χ0n) is 29.3. The summed E-state index contributed by atoms with van der Waals surface area (Å²) >= 11 is 0. The number of carbonyl (C=O) groups is 3. The molecular formula is C37H57NO5S2. The van der Waals surface area contributed by atoms with Crippen molar-refractivity contribution < 1.29 is 24.2 Å². The van der Waals surface area contributed by atoms with E-state index in [1.54, 1.807) is 34.6 Å². The number of esters is 1. The van der Waals surface area contributed by atoms with Gasteiger partial charge in [-0.1, -0.05) is 109 Å². The number of ketones is 1. The van der Waals surface area contributed by atoms with Gasteiger partial charge in [-0.2, -0.15) is 0 Å². The van der Waals surface area contributed by atoms with Crippen molar-refractivity contribution in [3.8, 4) is 0 Å². The van der Waals surface area contributed by atoms with Crippen molar-refractivity contribution >= 4 is 39.2 Å². The molecule has 0 spiro atoms. The van der Waals surface area contributed by atoms with Crippen molar-refractivity contribution in [2.75, 3.05) is 12.8 Å². The van der Waals surface area contributed by atoms with Crippen LogP contribution in [0.25, 0.3) is 0 Å². The number of hydrogen-bond donors (Lipinski definition) is 2. The average molecular weight is 660 g/mol. The Labute approximate surface area is 280 Å². The highest BCUT2D eigenvalue weighted by molar-refractivity contribution is 8.77. The number of nitrogens with one attached hydrogen (secondary N) is 1. The molecule has 1 heterocycles. The van der Waals surface area contributed by atoms with Crippen LogP contribution in [0.3, 0.4) is 0 Å². The summed E-state index contributed by atoms with van der Waals surface area (Å²) in [6.45, 7) is 20.4. The van der Waals surface area contributed by atoms with Crippen molar-refractivity contribution in [2.45, 2.75) is 99.0 Å². The minimum absolute atomic E-state index is 0.00201. The van der Waals surface area contributed by atoms with Crippen LogP contribution in [-0.4, -0.2) is 52.5 Å². The lowest BCUT2D eigenvalue weighted by atomic mass is 9.83. The maximum absolute atomic E-state index is 13.2. The minimum atomic E-state index is -0.803. The van der Waals surface area contributed by atoms with E-state index in [0.717, 1.165) is 23.1 Å². The molecule has 0 aromatic heterocycles. The van der Waals surface area contributed by atoms with Gasteiger partial charge in [0.25, 0.3) is 0 Å². The van der Waals surface area contributed by atoms with Crippen LogP contribution in [0, 0.1) is 29.6 Å². The molecule has 0 aromatic rings. The van der Waals surface area contributed by atoms with E-state index in [2.05, 4.69) is 38.2 Å². The predicted octanol–water partition coefficient (Wildman–Crippen LogP) is 8.22. The second-order valence-electron chi connectivity index (χ2n) is 13.3. The number of ether oxygens (including phenoxy) is 1. The predicted molar refractivity (Wildman–Crippen MR) is 193 cm³/mol. The third kappa shape index (κ3) is 16.2. The van der Waals surface area contributed by atoms with Crippen LogP contribution >= 0.6 is 21.6 Å². The van der Waals surface area contributed by atoms with E-state index < -0.39 is 12.0 Å². The Kier molecular flexibility index (Phi) is 18.2. The van der Waals surface area contributed by atoms with E-state index in [9.17, 15) is 19.5 Å². The fraction of sp³-hybridized carbons (Fsp3) is 0.595. The summed E-state index contributed by atoms with van der Waals surface area (Å²) < 4.78 is 5.31. The van der Waals surface area contributed by atoms with Crippen LogP contribution in [0.1, 0.15) is 82.1 Å². The summed E-state index contributed by atoms with van der Waals surface area (Å²) in [6, 6.07) is 0. The topological polar surface area (TPSA) is 92.7 Å². The lowest BCUT2D eigenvalue weighted by molar-refractivity contribution is -0.143. The van der Waals surface area contributed by atoms with Crippen molar-refractivity contribution in [3.63, 3.8) is 0 Å². The fourth-order valence-corrected chi connectivity index (χ4v) is 7.36. The second kappa shape index (κ2) is 20.1. The van der Waals surface area contributed by atoms with Crippen molar-refractivity contribution in [2.24, 2.45) is 29.6 Å². The monoisotopic (exact) mass is 659 g/mol. The first-order valence-corrected chi connectivity index (χ1v) is 18.5. The minimum Gasteiger partial charge on any atom is -0.454 e. The molecule has 1 aliphatic rings. The molecule has 0 radical (unpaired) electrons. The number of rotatable bonds is 18. The SMILES string of the molecule is CSSC(C)(C)CNC(=O)/C=C(\C)CC(C)C(O)[C@H](C)C(=O)[C@H](C)/C=C(C)/C=C/CC(C)/C=C(C)\C=C\[C@@H]1OC(=O)C=C[C@@H]1C. The zero-order valence-corrected chi connectivity index (χ0v) is 30.9. The first-order valence-electron chi connectivity index (χ1n) is 15.9. The van der Waals surface area contributed by atoms with Crippen molar-refractivity contribution in [3.05, 3.63) is 71.4 Å². The summed E-state index contributed by atoms with van der Waals surface area (Å²) in [5.74, 6) is -0.980. The molecule has 252 valence electrons. The van der Waals surface area contributed by atoms with Gasteiger partial charge in [-0.25, -0.2) is 4.79 Å². The van der Waals surface area contributed by atoms with Gasteiger partial charge in [0.15, 0.2) is 0 Å². The Hall–Kier alpha value is -2.29. The number of cyclic esters (lactones) is 1. The van der Waals surface area contributed by atoms with Crippen LogP contribution in [0.2, 0.25) is 0 Å². The molecule has 0 fully saturated rings. The van der Waals surface area contributed by atoms with Gasteiger partial charge in [0.1, 0.15) is 11.9 Å². The molecule has 0 aliphatic carbocycles. The summed E-state index contributed by atoms with van der Waals surface area (Å²) in [6.07, 6.45) is 19.6. The highest BCUT2D eigenvalue weighted by atomic mass is 33.1. The Morgan fingerprint density at radius 1 is 1.09 bits per heavy atom. The Morgan fingerprint density at radius 3 is 2.38 bits per heavy atom. The molecule has 1 aliphatic heterocycles. The molecule has 45 heavy (non-hydrogen) atoms. The summed E-state index contributed by atoms with van der Waals surface area (Å²) in [5.41, 5.74) is 2.99. The summed E-state index contributed by atoms with van der Waals surface area (Å²) in [5, 5.41) is 13.9. The standard InChI is InChI=1S/C37H57NO5S2/c1-24(19-26(3)15-17-32-28(5)16-18-34(40)43-32)13-12-14-25(2)20-29(6)35(41)31(8)36(42)30(7)21-27(4)22-33(39)38-23-37(9,10)45-44-11/h12,14-20,22,24,28-32,36,42H,13,21,23H2,1-11H3,(H,38,39)/b14-12+,17-15+,25-20+,26-19-,27-22+/t24?,28-,29+,30?,31+,32-,36?/m0/s1. The second-order valence-corrected chi connectivity index (χ2v) is 16.4. The number of aliphatic hydroxyl groups excluding tert-OH is 1. The summed E-state index contributed by atoms with van der Waals surface area (Å²) in [7, 11) is 3.40. The normalized spacial score (nSPS) is 21.9. The van der Waals surface area contributed by atoms with Crippen LogP contribution < -0.4 is 5.32 Å². The van der Waals surface area contributed by atoms with Crippen LogP contribution in [0.4, 0.5) is 0 Å². The smallest absolute Gasteiger partial charge is 0.331 e. The van der Waals surface area contributed by atoms with Crippen molar-refractivity contribution in [1.82, 2.24) is 5.32 Å². The highest BCUT2D eigenvalue weighted by Crippen LogP contribution is 2.32. The van der Waals surface area contributed by atoms with Gasteiger partial charge in [-0.15, -0.1) is 0 Å². The van der Waals surface area contributed by atoms with E-state index >= 15 is 0 Å². The third-order valence-electron chi connectivity index (χ3n) is 7.82. The van der Waals surface area contributed by atoms with Crippen LogP contribution in [-0.2, 0) is 19.1 Å². The molecule has 8 heteroatoms. The van der Waals surface area contributed by atoms with Crippen LogP contribution in [0.5, 0.6) is 0 Å². The van der Waals surface area contributed by atoms with Gasteiger partial charge < -0.3 is 15.2 Å². The molecule has 0 bridgehead atoms. The Morgan fingerprint density at radius 2 is 1.73 bits per heavy atom. The lowest BCUT2D eigenvalue weighted by Gasteiger charge is -2.26. The van der Waals surface area contributed by atoms with E-state index in [4.69, 9.17) is 4.74 Å². The Bertz CT molecular complexity index is 1180. The summed E-state index contributed by atoms with van der Waals surface area (Å²) in [4.78, 5) is 37.1. The average Bonchev–Trinajstić information content (AvgIpc) is 2.95. The number of Topliss-reactive ketones (excluding diaryl/α,β-unsaturated/α-hetero) is 1. The van der Waals surface area contributed by atoms with E-state index in [1.165, 1.54) is 6.08 Å². The van der Waals surface area contributed by atoms with Gasteiger partial charge in [0.2, 0.25) is 5.91 Å². The maximum Gasteiger partial charge on any atom is 0.331 e. The first kappa shape index (κ1) is 40.7. The maximum atomic E-state index is 13.2. The molecule has 0 saturated carbocycles. The number of amides is 1. The molecule has 6 nitrogen and oxygen atoms in total. The third-order valence-corrected chi connectivity index (χ3v) is 10.4. The molecular weight excluding hydrogens is 603 g/mol. The number of hydrogen-bond acceptors (Lipinski definition) is 7. The lowest BCUT2D eigenvalue weighted by Crippen LogP contribution is -2.35. The molecule has 2 N–H and O–H groups in total. The first-order chi connectivity index (χ1) is 20.9. The van der Waals surface area contributed by atoms with Gasteiger partial charge >= 0.3 is 5.97 Å². The fourth-order valence-electron chi connectivity index (χ4n) is 5.25. The van der Waals surface area contributed by atoms with Gasteiger partial charge in [-0.3, -0.25) is 9.59 Å². The van der Waals surface area contributed by atoms with E-state index in [0.29, 0.717) is 18.9 Å². The molecule has 7 atom stereocenters. The van der Waals surface area contributed by atoms with Crippen LogP contribution in [0.15, 0.2) is 71.4 Å². The van der Waals surface area contributed by atoms with Gasteiger partial charge in [0.05, 0.1) is 6.10 Å². The number of carbonyl (C=O) groups excluding carboxylic acids is 3. The van der Waals surface area contributed by atoms with Gasteiger partial charge in [-0.05, 0) is 71.6 Å². The Balaban J connectivity index is 2.62. The molecule has 1 rings (SSSR count). The highest BCUT2D eigenvalue weighted by Gasteiger charge is 2.29. The van der Waals surface area contributed by atoms with E-state index in [-0.39, 0.29) is 46.3 Å². The quantitative estimate of drug-likeness (QED) is 0.0663. The van der Waals surface area contributed by atoms with Crippen molar-refractivity contribution in [1.29, 1.82) is 0 Å². The van der Waals surface area contributed by atoms with Gasteiger partial charge in [0, 0.05) is 41.2 Å². The molecule has 0 aromatic carbocycles. The largest absolute Gasteiger partial charge is 0.454 e. The zero-order chi connectivity index (χ0) is 34.3.